The minimum atomic E-state index is -1.63. The Morgan fingerprint density at radius 2 is 1.06 bits per heavy atom. The van der Waals surface area contributed by atoms with E-state index in [1.54, 1.807) is 48.5 Å². The number of hydrogen-bond donors (Lipinski definition) is 3. The molecule has 0 saturated heterocycles. The van der Waals surface area contributed by atoms with Gasteiger partial charge in [-0.25, -0.2) is 14.4 Å². The minimum absolute atomic E-state index is 0.00407. The molecule has 0 heterocycles. The number of para-hydroxylation sites is 1. The van der Waals surface area contributed by atoms with Gasteiger partial charge in [0.15, 0.2) is 0 Å². The molecule has 248 valence electrons. The van der Waals surface area contributed by atoms with Crippen LogP contribution in [-0.4, -0.2) is 50.6 Å². The first kappa shape index (κ1) is 33.9. The van der Waals surface area contributed by atoms with Gasteiger partial charge in [-0.3, -0.25) is 4.79 Å². The van der Waals surface area contributed by atoms with Gasteiger partial charge in [-0.2, -0.15) is 0 Å². The lowest BCUT2D eigenvalue weighted by Gasteiger charge is -2.25. The summed E-state index contributed by atoms with van der Waals surface area (Å²) in [5.74, 6) is -3.90. The monoisotopic (exact) mass is 659 g/mol. The summed E-state index contributed by atoms with van der Waals surface area (Å²) in [6.45, 7) is 2.16. The van der Waals surface area contributed by atoms with E-state index in [4.69, 9.17) is 9.47 Å². The molecule has 0 atom stereocenters. The van der Waals surface area contributed by atoms with Crippen molar-refractivity contribution in [3.05, 3.63) is 160 Å². The number of amides is 1. The largest absolute Gasteiger partial charge is 0.494 e. The fourth-order valence-corrected chi connectivity index (χ4v) is 5.34. The number of hydrogen-bond acceptors (Lipinski definition) is 6. The van der Waals surface area contributed by atoms with Crippen molar-refractivity contribution in [3.8, 4) is 17.2 Å². The van der Waals surface area contributed by atoms with Crippen LogP contribution in [-0.2, 0) is 19.5 Å². The van der Waals surface area contributed by atoms with Gasteiger partial charge in [-0.15, -0.1) is 0 Å². The Labute approximate surface area is 282 Å². The second-order valence-corrected chi connectivity index (χ2v) is 11.1. The first-order valence-corrected chi connectivity index (χ1v) is 15.4. The summed E-state index contributed by atoms with van der Waals surface area (Å²) in [7, 11) is 0. The molecule has 1 amide bonds. The Balaban J connectivity index is 1.42. The van der Waals surface area contributed by atoms with E-state index in [0.29, 0.717) is 41.0 Å². The third kappa shape index (κ3) is 8.49. The average Bonchev–Trinajstić information content (AvgIpc) is 3.10. The molecule has 10 nitrogen and oxygen atoms in total. The van der Waals surface area contributed by atoms with Crippen LogP contribution in [0.3, 0.4) is 0 Å². The SMILES string of the molecule is CCOc1ccccc1CN(Cc1ccc(Oc2ccc(Cc3ccccc3)cc2)cc1)C(=O)c1cc(C(=O)O)c(C(=O)O)cc1C(=O)O. The summed E-state index contributed by atoms with van der Waals surface area (Å²) >= 11 is 0. The average molecular weight is 660 g/mol. The summed E-state index contributed by atoms with van der Waals surface area (Å²) in [5, 5.41) is 29.1. The van der Waals surface area contributed by atoms with Crippen LogP contribution in [0.25, 0.3) is 0 Å². The van der Waals surface area contributed by atoms with Crippen molar-refractivity contribution >= 4 is 23.8 Å². The zero-order chi connectivity index (χ0) is 34.9. The summed E-state index contributed by atoms with van der Waals surface area (Å²) in [4.78, 5) is 51.4. The van der Waals surface area contributed by atoms with Crippen LogP contribution in [0.1, 0.15) is 70.6 Å². The Hall–Kier alpha value is -6.42. The van der Waals surface area contributed by atoms with Gasteiger partial charge in [-0.1, -0.05) is 72.8 Å². The number of carbonyl (C=O) groups is 4. The van der Waals surface area contributed by atoms with E-state index in [9.17, 15) is 34.5 Å². The molecule has 0 saturated carbocycles. The molecule has 5 aromatic rings. The Bertz CT molecular complexity index is 1970. The highest BCUT2D eigenvalue weighted by molar-refractivity contribution is 6.10. The van der Waals surface area contributed by atoms with Crippen molar-refractivity contribution in [3.63, 3.8) is 0 Å². The first-order valence-electron chi connectivity index (χ1n) is 15.4. The molecule has 0 fully saturated rings. The van der Waals surface area contributed by atoms with Crippen LogP contribution < -0.4 is 9.47 Å². The van der Waals surface area contributed by atoms with Crippen molar-refractivity contribution in [1.82, 2.24) is 4.90 Å². The number of rotatable bonds is 14. The van der Waals surface area contributed by atoms with E-state index in [-0.39, 0.29) is 13.1 Å². The van der Waals surface area contributed by atoms with E-state index in [2.05, 4.69) is 12.1 Å². The third-order valence-electron chi connectivity index (χ3n) is 7.71. The van der Waals surface area contributed by atoms with E-state index < -0.39 is 46.1 Å². The van der Waals surface area contributed by atoms with Crippen molar-refractivity contribution in [2.75, 3.05) is 6.61 Å². The van der Waals surface area contributed by atoms with Gasteiger partial charge in [0.05, 0.1) is 28.9 Å². The van der Waals surface area contributed by atoms with Crippen LogP contribution in [0, 0.1) is 0 Å². The molecule has 0 aliphatic carbocycles. The van der Waals surface area contributed by atoms with E-state index in [1.807, 2.05) is 49.4 Å². The van der Waals surface area contributed by atoms with Crippen molar-refractivity contribution in [2.45, 2.75) is 26.4 Å². The molecule has 5 aromatic carbocycles. The number of carboxylic acid groups (broad SMARTS) is 3. The predicted molar refractivity (Wildman–Crippen MR) is 181 cm³/mol. The quantitative estimate of drug-likeness (QED) is 0.111. The second-order valence-electron chi connectivity index (χ2n) is 11.1. The highest BCUT2D eigenvalue weighted by Crippen LogP contribution is 2.27. The molecule has 0 aliphatic rings. The molecule has 49 heavy (non-hydrogen) atoms. The lowest BCUT2D eigenvalue weighted by Crippen LogP contribution is -2.32. The van der Waals surface area contributed by atoms with Crippen molar-refractivity contribution in [1.29, 1.82) is 0 Å². The lowest BCUT2D eigenvalue weighted by molar-refractivity contribution is 0.0643. The summed E-state index contributed by atoms with van der Waals surface area (Å²) in [5.41, 5.74) is 1.12. The maximum atomic E-state index is 14.1. The number of carbonyl (C=O) groups excluding carboxylic acids is 1. The molecule has 5 rings (SSSR count). The predicted octanol–water partition coefficient (Wildman–Crippen LogP) is 7.41. The van der Waals surface area contributed by atoms with Gasteiger partial charge in [0, 0.05) is 18.7 Å². The van der Waals surface area contributed by atoms with E-state index in [1.165, 1.54) is 10.5 Å². The van der Waals surface area contributed by atoms with Crippen LogP contribution in [0.4, 0.5) is 0 Å². The van der Waals surface area contributed by atoms with Crippen LogP contribution in [0.2, 0.25) is 0 Å². The molecule has 3 N–H and O–H groups in total. The minimum Gasteiger partial charge on any atom is -0.494 e. The summed E-state index contributed by atoms with van der Waals surface area (Å²) in [6.07, 6.45) is 0.801. The number of benzene rings is 5. The smallest absolute Gasteiger partial charge is 0.336 e. The normalized spacial score (nSPS) is 10.6. The van der Waals surface area contributed by atoms with Gasteiger partial charge in [-0.05, 0) is 72.5 Å². The second kappa shape index (κ2) is 15.4. The molecule has 0 aliphatic heterocycles. The molecular formula is C39H33NO9. The zero-order valence-electron chi connectivity index (χ0n) is 26.5. The Morgan fingerprint density at radius 1 is 0.571 bits per heavy atom. The fourth-order valence-electron chi connectivity index (χ4n) is 5.34. The first-order chi connectivity index (χ1) is 23.6. The molecular weight excluding hydrogens is 626 g/mol. The lowest BCUT2D eigenvalue weighted by atomic mass is 9.96. The number of carboxylic acids is 3. The molecule has 0 bridgehead atoms. The molecule has 0 unspecified atom stereocenters. The van der Waals surface area contributed by atoms with Gasteiger partial charge >= 0.3 is 17.9 Å². The van der Waals surface area contributed by atoms with Crippen LogP contribution in [0.15, 0.2) is 115 Å². The molecule has 0 aromatic heterocycles. The molecule has 0 spiro atoms. The van der Waals surface area contributed by atoms with Crippen LogP contribution >= 0.6 is 0 Å². The van der Waals surface area contributed by atoms with E-state index in [0.717, 1.165) is 18.1 Å². The standard InChI is InChI=1S/C39H33NO9/c1-2-48-35-11-7-6-10-28(35)24-40(36(41)31-21-33(38(44)45)34(39(46)47)22-32(31)37(42)43)23-27-14-18-30(19-15-27)49-29-16-12-26(13-17-29)20-25-8-4-3-5-9-25/h3-19,21-22H,2,20,23-24H2,1H3,(H,42,43)(H,44,45)(H,46,47). The van der Waals surface area contributed by atoms with Crippen molar-refractivity contribution in [2.24, 2.45) is 0 Å². The van der Waals surface area contributed by atoms with Crippen LogP contribution in [0.5, 0.6) is 17.2 Å². The highest BCUT2D eigenvalue weighted by atomic mass is 16.5. The Kier molecular flexibility index (Phi) is 10.7. The maximum absolute atomic E-state index is 14.1. The zero-order valence-corrected chi connectivity index (χ0v) is 26.5. The maximum Gasteiger partial charge on any atom is 0.336 e. The number of ether oxygens (including phenoxy) is 2. The molecule has 0 radical (unpaired) electrons. The Morgan fingerprint density at radius 3 is 1.63 bits per heavy atom. The summed E-state index contributed by atoms with van der Waals surface area (Å²) < 4.78 is 11.8. The highest BCUT2D eigenvalue weighted by Gasteiger charge is 2.28. The topological polar surface area (TPSA) is 151 Å². The van der Waals surface area contributed by atoms with Gasteiger partial charge in [0.1, 0.15) is 17.2 Å². The number of aromatic carboxylic acids is 3. The van der Waals surface area contributed by atoms with Gasteiger partial charge in [0.25, 0.3) is 5.91 Å². The van der Waals surface area contributed by atoms with Gasteiger partial charge < -0.3 is 29.7 Å². The van der Waals surface area contributed by atoms with Gasteiger partial charge in [0.2, 0.25) is 0 Å². The third-order valence-corrected chi connectivity index (χ3v) is 7.71. The summed E-state index contributed by atoms with van der Waals surface area (Å²) in [6, 6.07) is 33.5. The number of nitrogens with zero attached hydrogens (tertiary/aromatic N) is 1. The fraction of sp³-hybridized carbons (Fsp3) is 0.128. The van der Waals surface area contributed by atoms with Crippen molar-refractivity contribution < 1.29 is 44.0 Å². The molecule has 10 heteroatoms. The van der Waals surface area contributed by atoms with E-state index >= 15 is 0 Å².